The number of carboxylic acid groups (broad SMARTS) is 1. The minimum atomic E-state index is -0.947. The summed E-state index contributed by atoms with van der Waals surface area (Å²) in [6.45, 7) is 3.40. The Labute approximate surface area is 109 Å². The van der Waals surface area contributed by atoms with Gasteiger partial charge in [-0.2, -0.15) is 0 Å². The molecule has 0 aliphatic carbocycles. The maximum absolute atomic E-state index is 12.0. The average Bonchev–Trinajstić information content (AvgIpc) is 2.27. The molecule has 0 spiro atoms. The molecule has 1 saturated heterocycles. The molecule has 5 heteroatoms. The van der Waals surface area contributed by atoms with Gasteiger partial charge in [-0.3, -0.25) is 0 Å². The highest BCUT2D eigenvalue weighted by molar-refractivity contribution is 5.82. The van der Waals surface area contributed by atoms with Crippen molar-refractivity contribution in [1.29, 1.82) is 0 Å². The number of amides is 2. The van der Waals surface area contributed by atoms with E-state index in [-0.39, 0.29) is 6.03 Å². The first kappa shape index (κ1) is 14.8. The van der Waals surface area contributed by atoms with E-state index in [9.17, 15) is 9.59 Å². The quantitative estimate of drug-likeness (QED) is 0.810. The monoisotopic (exact) mass is 256 g/mol. The van der Waals surface area contributed by atoms with Crippen LogP contribution in [0.25, 0.3) is 0 Å². The summed E-state index contributed by atoms with van der Waals surface area (Å²) in [5, 5.41) is 11.6. The molecule has 1 aliphatic heterocycles. The van der Waals surface area contributed by atoms with E-state index in [1.165, 1.54) is 6.42 Å². The number of urea groups is 1. The summed E-state index contributed by atoms with van der Waals surface area (Å²) in [5.41, 5.74) is 0. The van der Waals surface area contributed by atoms with E-state index in [2.05, 4.69) is 5.32 Å². The van der Waals surface area contributed by atoms with Gasteiger partial charge in [0.25, 0.3) is 0 Å². The molecule has 0 aromatic carbocycles. The molecule has 1 heterocycles. The van der Waals surface area contributed by atoms with Crippen molar-refractivity contribution in [2.75, 3.05) is 13.1 Å². The van der Waals surface area contributed by atoms with E-state index in [4.69, 9.17) is 5.11 Å². The van der Waals surface area contributed by atoms with Crippen LogP contribution in [0, 0.1) is 0 Å². The third kappa shape index (κ3) is 4.94. The third-order valence-corrected chi connectivity index (χ3v) is 3.32. The van der Waals surface area contributed by atoms with Gasteiger partial charge in [0, 0.05) is 13.1 Å². The number of carbonyl (C=O) groups excluding carboxylic acids is 1. The van der Waals surface area contributed by atoms with Crippen LogP contribution in [-0.2, 0) is 4.79 Å². The lowest BCUT2D eigenvalue weighted by molar-refractivity contribution is -0.139. The Hall–Kier alpha value is -1.26. The first-order valence-corrected chi connectivity index (χ1v) is 6.93. The van der Waals surface area contributed by atoms with Gasteiger partial charge in [-0.25, -0.2) is 9.59 Å². The molecule has 1 aliphatic rings. The Kier molecular flexibility index (Phi) is 6.54. The number of nitrogens with one attached hydrogen (secondary N) is 1. The highest BCUT2D eigenvalue weighted by Crippen LogP contribution is 2.11. The smallest absolute Gasteiger partial charge is 0.326 e. The van der Waals surface area contributed by atoms with Crippen LogP contribution < -0.4 is 5.32 Å². The van der Waals surface area contributed by atoms with Crippen molar-refractivity contribution in [2.45, 2.75) is 57.9 Å². The number of nitrogens with zero attached hydrogens (tertiary/aromatic N) is 1. The summed E-state index contributed by atoms with van der Waals surface area (Å²) >= 11 is 0. The first-order valence-electron chi connectivity index (χ1n) is 6.93. The van der Waals surface area contributed by atoms with Gasteiger partial charge in [0.1, 0.15) is 6.04 Å². The maximum Gasteiger partial charge on any atom is 0.326 e. The van der Waals surface area contributed by atoms with Gasteiger partial charge in [0.15, 0.2) is 0 Å². The zero-order valence-corrected chi connectivity index (χ0v) is 11.2. The fourth-order valence-corrected chi connectivity index (χ4v) is 2.24. The van der Waals surface area contributed by atoms with E-state index in [0.717, 1.165) is 45.2 Å². The summed E-state index contributed by atoms with van der Waals surface area (Å²) in [7, 11) is 0. The highest BCUT2D eigenvalue weighted by Gasteiger charge is 2.22. The predicted octanol–water partition coefficient (Wildman–Crippen LogP) is 2.22. The minimum Gasteiger partial charge on any atom is -0.480 e. The van der Waals surface area contributed by atoms with Crippen LogP contribution in [0.15, 0.2) is 0 Å². The maximum atomic E-state index is 12.0. The summed E-state index contributed by atoms with van der Waals surface area (Å²) in [5.74, 6) is -0.947. The molecule has 1 atom stereocenters. The van der Waals surface area contributed by atoms with Crippen LogP contribution in [-0.4, -0.2) is 41.1 Å². The molecule has 0 saturated carbocycles. The number of aliphatic carboxylic acids is 1. The second kappa shape index (κ2) is 7.95. The predicted molar refractivity (Wildman–Crippen MR) is 69.5 cm³/mol. The SMILES string of the molecule is CCC[C@H](NC(=O)N1CCCCCCC1)C(=O)O. The second-order valence-corrected chi connectivity index (χ2v) is 4.88. The molecule has 5 nitrogen and oxygen atoms in total. The van der Waals surface area contributed by atoms with Crippen molar-refractivity contribution in [2.24, 2.45) is 0 Å². The lowest BCUT2D eigenvalue weighted by Gasteiger charge is -2.26. The molecule has 0 aromatic rings. The molecular formula is C13H24N2O3. The Morgan fingerprint density at radius 2 is 1.72 bits per heavy atom. The zero-order valence-electron chi connectivity index (χ0n) is 11.2. The Balaban J connectivity index is 2.47. The molecule has 0 unspecified atom stereocenters. The molecule has 1 rings (SSSR count). The van der Waals surface area contributed by atoms with Crippen LogP contribution in [0.3, 0.4) is 0 Å². The van der Waals surface area contributed by atoms with E-state index < -0.39 is 12.0 Å². The Morgan fingerprint density at radius 3 is 2.22 bits per heavy atom. The average molecular weight is 256 g/mol. The zero-order chi connectivity index (χ0) is 13.4. The number of rotatable bonds is 4. The van der Waals surface area contributed by atoms with Gasteiger partial charge < -0.3 is 15.3 Å². The summed E-state index contributed by atoms with van der Waals surface area (Å²) in [4.78, 5) is 24.8. The van der Waals surface area contributed by atoms with Gasteiger partial charge in [-0.05, 0) is 19.3 Å². The van der Waals surface area contributed by atoms with Gasteiger partial charge in [0.2, 0.25) is 0 Å². The van der Waals surface area contributed by atoms with Crippen LogP contribution >= 0.6 is 0 Å². The van der Waals surface area contributed by atoms with Crippen LogP contribution in [0.5, 0.6) is 0 Å². The van der Waals surface area contributed by atoms with Crippen molar-refractivity contribution >= 4 is 12.0 Å². The normalized spacial score (nSPS) is 18.6. The summed E-state index contributed by atoms with van der Waals surface area (Å²) < 4.78 is 0. The van der Waals surface area contributed by atoms with Crippen molar-refractivity contribution in [1.82, 2.24) is 10.2 Å². The van der Waals surface area contributed by atoms with Gasteiger partial charge >= 0.3 is 12.0 Å². The molecule has 18 heavy (non-hydrogen) atoms. The summed E-state index contributed by atoms with van der Waals surface area (Å²) in [6, 6.07) is -0.981. The Morgan fingerprint density at radius 1 is 1.17 bits per heavy atom. The van der Waals surface area contributed by atoms with E-state index in [1.807, 2.05) is 6.92 Å². The number of carboxylic acids is 1. The largest absolute Gasteiger partial charge is 0.480 e. The first-order chi connectivity index (χ1) is 8.65. The van der Waals surface area contributed by atoms with E-state index >= 15 is 0 Å². The number of likely N-dealkylation sites (tertiary alicyclic amines) is 1. The molecule has 0 aromatic heterocycles. The van der Waals surface area contributed by atoms with Crippen LogP contribution in [0.1, 0.15) is 51.9 Å². The van der Waals surface area contributed by atoms with Crippen molar-refractivity contribution in [3.05, 3.63) is 0 Å². The molecule has 0 bridgehead atoms. The second-order valence-electron chi connectivity index (χ2n) is 4.88. The number of hydrogen-bond donors (Lipinski definition) is 2. The Bertz CT molecular complexity index is 273. The fraction of sp³-hybridized carbons (Fsp3) is 0.846. The molecule has 0 radical (unpaired) electrons. The van der Waals surface area contributed by atoms with Crippen molar-refractivity contribution in [3.8, 4) is 0 Å². The fourth-order valence-electron chi connectivity index (χ4n) is 2.24. The lowest BCUT2D eigenvalue weighted by atomic mass is 10.1. The van der Waals surface area contributed by atoms with Crippen molar-refractivity contribution in [3.63, 3.8) is 0 Å². The molecular weight excluding hydrogens is 232 g/mol. The minimum absolute atomic E-state index is 0.224. The molecule has 2 N–H and O–H groups in total. The third-order valence-electron chi connectivity index (χ3n) is 3.32. The standard InChI is InChI=1S/C13H24N2O3/c1-2-8-11(12(16)17)14-13(18)15-9-6-4-3-5-7-10-15/h11H,2-10H2,1H3,(H,14,18)(H,16,17)/t11-/m0/s1. The highest BCUT2D eigenvalue weighted by atomic mass is 16.4. The van der Waals surface area contributed by atoms with Crippen molar-refractivity contribution < 1.29 is 14.7 Å². The lowest BCUT2D eigenvalue weighted by Crippen LogP contribution is -2.48. The van der Waals surface area contributed by atoms with E-state index in [1.54, 1.807) is 4.90 Å². The topological polar surface area (TPSA) is 69.6 Å². The van der Waals surface area contributed by atoms with Gasteiger partial charge in [-0.15, -0.1) is 0 Å². The van der Waals surface area contributed by atoms with Crippen LogP contribution in [0.4, 0.5) is 4.79 Å². The van der Waals surface area contributed by atoms with Gasteiger partial charge in [-0.1, -0.05) is 32.6 Å². The summed E-state index contributed by atoms with van der Waals surface area (Å²) in [6.07, 6.45) is 6.80. The molecule has 104 valence electrons. The molecule has 2 amide bonds. The van der Waals surface area contributed by atoms with Crippen LogP contribution in [0.2, 0.25) is 0 Å². The van der Waals surface area contributed by atoms with Gasteiger partial charge in [0.05, 0.1) is 0 Å². The molecule has 1 fully saturated rings. The number of carbonyl (C=O) groups is 2. The number of hydrogen-bond acceptors (Lipinski definition) is 2. The van der Waals surface area contributed by atoms with E-state index in [0.29, 0.717) is 6.42 Å².